The number of sulfonamides is 1. The van der Waals surface area contributed by atoms with Crippen LogP contribution in [0.1, 0.15) is 18.1 Å². The normalized spacial score (nSPS) is 12.2. The molecule has 0 spiro atoms. The Kier molecular flexibility index (Phi) is 4.85. The number of rotatable bonds is 5. The molecule has 0 aliphatic heterocycles. The Morgan fingerprint density at radius 1 is 1.42 bits per heavy atom. The maximum atomic E-state index is 12.1. The molecule has 0 aliphatic carbocycles. The molecule has 19 heavy (non-hydrogen) atoms. The average Bonchev–Trinajstić information content (AvgIpc) is 2.35. The molecule has 0 unspecified atom stereocenters. The monoisotopic (exact) mass is 283 g/mol. The Hall–Kier alpha value is -1.66. The van der Waals surface area contributed by atoms with E-state index in [0.717, 1.165) is 6.08 Å². The van der Waals surface area contributed by atoms with E-state index in [9.17, 15) is 13.2 Å². The largest absolute Gasteiger partial charge is 0.478 e. The van der Waals surface area contributed by atoms with Crippen molar-refractivity contribution in [2.75, 3.05) is 13.6 Å². The third-order valence-corrected chi connectivity index (χ3v) is 4.73. The fourth-order valence-electron chi connectivity index (χ4n) is 1.51. The van der Waals surface area contributed by atoms with Crippen LogP contribution < -0.4 is 0 Å². The molecule has 5 nitrogen and oxygen atoms in total. The highest BCUT2D eigenvalue weighted by Gasteiger charge is 2.19. The van der Waals surface area contributed by atoms with Crippen molar-refractivity contribution in [1.82, 2.24) is 4.31 Å². The van der Waals surface area contributed by atoms with E-state index in [4.69, 9.17) is 5.11 Å². The molecule has 0 aliphatic rings. The van der Waals surface area contributed by atoms with E-state index in [-0.39, 0.29) is 4.90 Å². The van der Waals surface area contributed by atoms with Crippen LogP contribution in [0.3, 0.4) is 0 Å². The molecule has 0 aromatic heterocycles. The van der Waals surface area contributed by atoms with Crippen LogP contribution in [0.25, 0.3) is 6.08 Å². The molecule has 0 heterocycles. The lowest BCUT2D eigenvalue weighted by atomic mass is 10.1. The first-order chi connectivity index (χ1) is 8.78. The van der Waals surface area contributed by atoms with Crippen LogP contribution in [-0.2, 0) is 14.8 Å². The zero-order valence-electron chi connectivity index (χ0n) is 11.1. The van der Waals surface area contributed by atoms with Crippen LogP contribution in [0.2, 0.25) is 0 Å². The molecule has 0 amide bonds. The van der Waals surface area contributed by atoms with Crippen LogP contribution in [0, 0.1) is 6.92 Å². The third kappa shape index (κ3) is 3.65. The fraction of sp³-hybridized carbons (Fsp3) is 0.308. The molecule has 0 radical (unpaired) electrons. The molecule has 104 valence electrons. The van der Waals surface area contributed by atoms with Crippen molar-refractivity contribution in [3.8, 4) is 0 Å². The minimum absolute atomic E-state index is 0.210. The molecule has 1 rings (SSSR count). The number of aliphatic carboxylic acids is 1. The summed E-state index contributed by atoms with van der Waals surface area (Å²) in [5.41, 5.74) is 1.39. The molecule has 1 aromatic carbocycles. The molecule has 6 heteroatoms. The number of benzene rings is 1. The second kappa shape index (κ2) is 5.99. The first kappa shape index (κ1) is 15.4. The van der Waals surface area contributed by atoms with Gasteiger partial charge in [-0.2, -0.15) is 0 Å². The highest BCUT2D eigenvalue weighted by molar-refractivity contribution is 7.89. The summed E-state index contributed by atoms with van der Waals surface area (Å²) in [6.07, 6.45) is 2.46. The SMILES string of the molecule is CCN(C)S(=O)(=O)c1ccc(C=CC(=O)O)c(C)c1. The van der Waals surface area contributed by atoms with Crippen LogP contribution in [0.5, 0.6) is 0 Å². The number of carboxylic acids is 1. The first-order valence-electron chi connectivity index (χ1n) is 5.77. The van der Waals surface area contributed by atoms with Gasteiger partial charge in [-0.3, -0.25) is 0 Å². The van der Waals surface area contributed by atoms with Crippen molar-refractivity contribution < 1.29 is 18.3 Å². The Bertz CT molecular complexity index is 605. The Morgan fingerprint density at radius 2 is 2.05 bits per heavy atom. The maximum absolute atomic E-state index is 12.1. The summed E-state index contributed by atoms with van der Waals surface area (Å²) < 4.78 is 25.5. The van der Waals surface area contributed by atoms with E-state index in [2.05, 4.69) is 0 Å². The van der Waals surface area contributed by atoms with Gasteiger partial charge in [-0.15, -0.1) is 0 Å². The Morgan fingerprint density at radius 3 is 2.53 bits per heavy atom. The van der Waals surface area contributed by atoms with Gasteiger partial charge in [-0.1, -0.05) is 13.0 Å². The van der Waals surface area contributed by atoms with E-state index in [1.54, 1.807) is 26.0 Å². The summed E-state index contributed by atoms with van der Waals surface area (Å²) >= 11 is 0. The van der Waals surface area contributed by atoms with Crippen molar-refractivity contribution in [1.29, 1.82) is 0 Å². The number of hydrogen-bond donors (Lipinski definition) is 1. The van der Waals surface area contributed by atoms with Gasteiger partial charge < -0.3 is 5.11 Å². The van der Waals surface area contributed by atoms with E-state index >= 15 is 0 Å². The first-order valence-corrected chi connectivity index (χ1v) is 7.21. The summed E-state index contributed by atoms with van der Waals surface area (Å²) in [7, 11) is -1.95. The summed E-state index contributed by atoms with van der Waals surface area (Å²) in [5, 5.41) is 8.56. The highest BCUT2D eigenvalue weighted by atomic mass is 32.2. The number of aryl methyl sites for hydroxylation is 1. The zero-order valence-corrected chi connectivity index (χ0v) is 11.9. The predicted molar refractivity (Wildman–Crippen MR) is 73.3 cm³/mol. The van der Waals surface area contributed by atoms with Crippen LogP contribution in [0.4, 0.5) is 0 Å². The molecule has 0 atom stereocenters. The maximum Gasteiger partial charge on any atom is 0.328 e. The van der Waals surface area contributed by atoms with Gasteiger partial charge in [0, 0.05) is 19.7 Å². The van der Waals surface area contributed by atoms with E-state index in [0.29, 0.717) is 17.7 Å². The van der Waals surface area contributed by atoms with Crippen molar-refractivity contribution in [3.05, 3.63) is 35.4 Å². The minimum atomic E-state index is -3.47. The summed E-state index contributed by atoms with van der Waals surface area (Å²) in [6.45, 7) is 3.89. The molecule has 0 saturated heterocycles. The lowest BCUT2D eigenvalue weighted by Gasteiger charge is -2.15. The van der Waals surface area contributed by atoms with Crippen molar-refractivity contribution in [2.24, 2.45) is 0 Å². The van der Waals surface area contributed by atoms with Crippen LogP contribution >= 0.6 is 0 Å². The lowest BCUT2D eigenvalue weighted by molar-refractivity contribution is -0.131. The minimum Gasteiger partial charge on any atom is -0.478 e. The average molecular weight is 283 g/mol. The van der Waals surface area contributed by atoms with Crippen molar-refractivity contribution in [3.63, 3.8) is 0 Å². The molecule has 0 saturated carbocycles. The van der Waals surface area contributed by atoms with Crippen molar-refractivity contribution >= 4 is 22.1 Å². The van der Waals surface area contributed by atoms with Gasteiger partial charge in [-0.25, -0.2) is 17.5 Å². The smallest absolute Gasteiger partial charge is 0.328 e. The second-order valence-corrected chi connectivity index (χ2v) is 6.15. The van der Waals surface area contributed by atoms with E-state index < -0.39 is 16.0 Å². The number of carbonyl (C=O) groups is 1. The fourth-order valence-corrected chi connectivity index (χ4v) is 2.77. The van der Waals surface area contributed by atoms with Gasteiger partial charge in [-0.05, 0) is 36.3 Å². The topological polar surface area (TPSA) is 74.7 Å². The van der Waals surface area contributed by atoms with Crippen LogP contribution in [-0.4, -0.2) is 37.4 Å². The lowest BCUT2D eigenvalue weighted by Crippen LogP contribution is -2.26. The number of hydrogen-bond acceptors (Lipinski definition) is 3. The van der Waals surface area contributed by atoms with Gasteiger partial charge in [0.15, 0.2) is 0 Å². The molecular formula is C13H17NO4S. The van der Waals surface area contributed by atoms with Gasteiger partial charge in [0.05, 0.1) is 4.90 Å². The predicted octanol–water partition coefficient (Wildman–Crippen LogP) is 1.73. The van der Waals surface area contributed by atoms with Gasteiger partial charge in [0.1, 0.15) is 0 Å². The molecule has 1 N–H and O–H groups in total. The summed E-state index contributed by atoms with van der Waals surface area (Å²) in [4.78, 5) is 10.7. The third-order valence-electron chi connectivity index (χ3n) is 2.80. The molecule has 1 aromatic rings. The van der Waals surface area contributed by atoms with Gasteiger partial charge in [0.2, 0.25) is 10.0 Å². The number of nitrogens with zero attached hydrogens (tertiary/aromatic N) is 1. The molecular weight excluding hydrogens is 266 g/mol. The quantitative estimate of drug-likeness (QED) is 0.835. The van der Waals surface area contributed by atoms with E-state index in [1.807, 2.05) is 0 Å². The van der Waals surface area contributed by atoms with Gasteiger partial charge >= 0.3 is 5.97 Å². The summed E-state index contributed by atoms with van der Waals surface area (Å²) in [6, 6.07) is 4.63. The highest BCUT2D eigenvalue weighted by Crippen LogP contribution is 2.19. The van der Waals surface area contributed by atoms with Crippen molar-refractivity contribution in [2.45, 2.75) is 18.7 Å². The Balaban J connectivity index is 3.17. The summed E-state index contributed by atoms with van der Waals surface area (Å²) in [5.74, 6) is -1.04. The molecule has 0 fully saturated rings. The van der Waals surface area contributed by atoms with Gasteiger partial charge in [0.25, 0.3) is 0 Å². The van der Waals surface area contributed by atoms with E-state index in [1.165, 1.54) is 23.5 Å². The second-order valence-electron chi connectivity index (χ2n) is 4.11. The Labute approximate surface area is 113 Å². The van der Waals surface area contributed by atoms with Crippen LogP contribution in [0.15, 0.2) is 29.2 Å². The molecule has 0 bridgehead atoms. The number of carboxylic acid groups (broad SMARTS) is 1. The zero-order chi connectivity index (χ0) is 14.6. The standard InChI is InChI=1S/C13H17NO4S/c1-4-14(3)19(17,18)12-7-5-11(10(2)9-12)6-8-13(15)16/h5-9H,4H2,1-3H3,(H,15,16).